The molecule has 1 unspecified atom stereocenters. The Kier molecular flexibility index (Phi) is 13.0. The standard InChI is InChI=1S/C14H29Br/c1-3-5-6-7-8-9-10-11-12-14(4-2)13-15/h14H,3-13H2,1-2H3. The Bertz CT molecular complexity index is 108. The Morgan fingerprint density at radius 1 is 0.800 bits per heavy atom. The molecule has 0 aromatic rings. The average molecular weight is 277 g/mol. The highest BCUT2D eigenvalue weighted by Crippen LogP contribution is 2.17. The molecule has 0 rings (SSSR count). The fourth-order valence-electron chi connectivity index (χ4n) is 1.96. The lowest BCUT2D eigenvalue weighted by Crippen LogP contribution is -1.99. The van der Waals surface area contributed by atoms with Crippen LogP contribution in [0.1, 0.15) is 78.1 Å². The lowest BCUT2D eigenvalue weighted by molar-refractivity contribution is 0.478. The average Bonchev–Trinajstić information content (AvgIpc) is 2.27. The van der Waals surface area contributed by atoms with Gasteiger partial charge in [0.15, 0.2) is 0 Å². The van der Waals surface area contributed by atoms with Crippen LogP contribution in [0.3, 0.4) is 0 Å². The SMILES string of the molecule is CCCCCCCCCCC(CC)CBr. The van der Waals surface area contributed by atoms with Crippen molar-refractivity contribution in [2.45, 2.75) is 78.1 Å². The van der Waals surface area contributed by atoms with Gasteiger partial charge < -0.3 is 0 Å². The van der Waals surface area contributed by atoms with Crippen molar-refractivity contribution in [1.29, 1.82) is 0 Å². The Morgan fingerprint density at radius 3 is 1.80 bits per heavy atom. The summed E-state index contributed by atoms with van der Waals surface area (Å²) in [6.07, 6.45) is 14.3. The van der Waals surface area contributed by atoms with Crippen LogP contribution in [0.4, 0.5) is 0 Å². The van der Waals surface area contributed by atoms with Crippen molar-refractivity contribution in [1.82, 2.24) is 0 Å². The van der Waals surface area contributed by atoms with Crippen LogP contribution in [-0.2, 0) is 0 Å². The summed E-state index contributed by atoms with van der Waals surface area (Å²) in [6, 6.07) is 0. The number of hydrogen-bond donors (Lipinski definition) is 0. The second-order valence-corrected chi connectivity index (χ2v) is 5.34. The number of rotatable bonds is 11. The predicted molar refractivity (Wildman–Crippen MR) is 74.8 cm³/mol. The molecule has 0 spiro atoms. The molecule has 0 amide bonds. The lowest BCUT2D eigenvalue weighted by atomic mass is 9.99. The van der Waals surface area contributed by atoms with Crippen molar-refractivity contribution in [3.63, 3.8) is 0 Å². The zero-order chi connectivity index (χ0) is 11.4. The van der Waals surface area contributed by atoms with Gasteiger partial charge in [0.2, 0.25) is 0 Å². The summed E-state index contributed by atoms with van der Waals surface area (Å²) < 4.78 is 0. The van der Waals surface area contributed by atoms with Gasteiger partial charge in [-0.3, -0.25) is 0 Å². The van der Waals surface area contributed by atoms with E-state index in [0.717, 1.165) is 5.92 Å². The summed E-state index contributed by atoms with van der Waals surface area (Å²) in [7, 11) is 0. The van der Waals surface area contributed by atoms with E-state index in [1.54, 1.807) is 0 Å². The largest absolute Gasteiger partial charge is 0.0925 e. The molecule has 1 heteroatoms. The van der Waals surface area contributed by atoms with E-state index in [1.165, 1.54) is 69.5 Å². The molecule has 0 saturated heterocycles. The van der Waals surface area contributed by atoms with Gasteiger partial charge in [0, 0.05) is 5.33 Å². The number of halogens is 1. The van der Waals surface area contributed by atoms with Crippen LogP contribution in [-0.4, -0.2) is 5.33 Å². The highest BCUT2D eigenvalue weighted by Gasteiger charge is 2.02. The van der Waals surface area contributed by atoms with Crippen LogP contribution < -0.4 is 0 Å². The summed E-state index contributed by atoms with van der Waals surface area (Å²) in [6.45, 7) is 4.59. The predicted octanol–water partition coefficient (Wildman–Crippen LogP) is 5.94. The molecule has 0 nitrogen and oxygen atoms in total. The van der Waals surface area contributed by atoms with Crippen molar-refractivity contribution < 1.29 is 0 Å². The molecule has 0 fully saturated rings. The van der Waals surface area contributed by atoms with E-state index in [9.17, 15) is 0 Å². The van der Waals surface area contributed by atoms with Crippen molar-refractivity contribution in [3.8, 4) is 0 Å². The van der Waals surface area contributed by atoms with Crippen molar-refractivity contribution in [3.05, 3.63) is 0 Å². The van der Waals surface area contributed by atoms with Crippen LogP contribution in [0.5, 0.6) is 0 Å². The molecule has 92 valence electrons. The maximum absolute atomic E-state index is 3.59. The minimum Gasteiger partial charge on any atom is -0.0925 e. The van der Waals surface area contributed by atoms with E-state index < -0.39 is 0 Å². The van der Waals surface area contributed by atoms with E-state index in [-0.39, 0.29) is 0 Å². The maximum Gasteiger partial charge on any atom is 0.00595 e. The first-order valence-electron chi connectivity index (χ1n) is 6.91. The zero-order valence-corrected chi connectivity index (χ0v) is 12.3. The molecular weight excluding hydrogens is 248 g/mol. The summed E-state index contributed by atoms with van der Waals surface area (Å²) in [5.74, 6) is 0.921. The minimum atomic E-state index is 0.921. The van der Waals surface area contributed by atoms with Crippen LogP contribution in [0.25, 0.3) is 0 Å². The normalized spacial score (nSPS) is 13.0. The van der Waals surface area contributed by atoms with Gasteiger partial charge in [0.05, 0.1) is 0 Å². The molecule has 0 aliphatic carbocycles. The van der Waals surface area contributed by atoms with E-state index in [1.807, 2.05) is 0 Å². The van der Waals surface area contributed by atoms with E-state index in [0.29, 0.717) is 0 Å². The molecule has 0 bridgehead atoms. The second-order valence-electron chi connectivity index (χ2n) is 4.69. The third kappa shape index (κ3) is 10.8. The molecule has 0 N–H and O–H groups in total. The number of hydrogen-bond acceptors (Lipinski definition) is 0. The highest BCUT2D eigenvalue weighted by atomic mass is 79.9. The maximum atomic E-state index is 3.59. The second kappa shape index (κ2) is 12.5. The summed E-state index contributed by atoms with van der Waals surface area (Å²) >= 11 is 3.59. The Hall–Kier alpha value is 0.480. The third-order valence-electron chi connectivity index (χ3n) is 3.26. The number of alkyl halides is 1. The first-order chi connectivity index (χ1) is 7.35. The molecular formula is C14H29Br. The summed E-state index contributed by atoms with van der Waals surface area (Å²) in [5.41, 5.74) is 0. The summed E-state index contributed by atoms with van der Waals surface area (Å²) in [4.78, 5) is 0. The first-order valence-corrected chi connectivity index (χ1v) is 8.03. The van der Waals surface area contributed by atoms with Gasteiger partial charge in [0.25, 0.3) is 0 Å². The molecule has 15 heavy (non-hydrogen) atoms. The Balaban J connectivity index is 3.04. The zero-order valence-electron chi connectivity index (χ0n) is 10.7. The van der Waals surface area contributed by atoms with Gasteiger partial charge in [-0.1, -0.05) is 87.6 Å². The van der Waals surface area contributed by atoms with Crippen LogP contribution in [0.15, 0.2) is 0 Å². The van der Waals surface area contributed by atoms with Gasteiger partial charge >= 0.3 is 0 Å². The molecule has 0 aromatic heterocycles. The molecule has 0 aliphatic rings. The quantitative estimate of drug-likeness (QED) is 0.324. The van der Waals surface area contributed by atoms with E-state index in [2.05, 4.69) is 29.8 Å². The Morgan fingerprint density at radius 2 is 1.33 bits per heavy atom. The molecule has 0 radical (unpaired) electrons. The van der Waals surface area contributed by atoms with E-state index >= 15 is 0 Å². The monoisotopic (exact) mass is 276 g/mol. The summed E-state index contributed by atoms with van der Waals surface area (Å²) in [5, 5.41) is 1.19. The number of unbranched alkanes of at least 4 members (excludes halogenated alkanes) is 7. The smallest absolute Gasteiger partial charge is 0.00595 e. The van der Waals surface area contributed by atoms with Gasteiger partial charge in [-0.25, -0.2) is 0 Å². The topological polar surface area (TPSA) is 0 Å². The minimum absolute atomic E-state index is 0.921. The molecule has 0 heterocycles. The Labute approximate surface area is 105 Å². The van der Waals surface area contributed by atoms with Gasteiger partial charge in [-0.05, 0) is 12.3 Å². The fourth-order valence-corrected chi connectivity index (χ4v) is 2.74. The van der Waals surface area contributed by atoms with E-state index in [4.69, 9.17) is 0 Å². The van der Waals surface area contributed by atoms with Gasteiger partial charge in [0.1, 0.15) is 0 Å². The van der Waals surface area contributed by atoms with Crippen molar-refractivity contribution in [2.24, 2.45) is 5.92 Å². The van der Waals surface area contributed by atoms with Gasteiger partial charge in [-0.2, -0.15) is 0 Å². The van der Waals surface area contributed by atoms with Crippen LogP contribution in [0.2, 0.25) is 0 Å². The molecule has 1 atom stereocenters. The highest BCUT2D eigenvalue weighted by molar-refractivity contribution is 9.09. The first kappa shape index (κ1) is 15.5. The molecule has 0 aliphatic heterocycles. The molecule has 0 saturated carbocycles. The third-order valence-corrected chi connectivity index (χ3v) is 4.18. The molecule has 0 aromatic carbocycles. The van der Waals surface area contributed by atoms with Gasteiger partial charge in [-0.15, -0.1) is 0 Å². The van der Waals surface area contributed by atoms with Crippen molar-refractivity contribution >= 4 is 15.9 Å². The fraction of sp³-hybridized carbons (Fsp3) is 1.00. The van der Waals surface area contributed by atoms with Crippen molar-refractivity contribution in [2.75, 3.05) is 5.33 Å². The van der Waals surface area contributed by atoms with Crippen LogP contribution >= 0.6 is 15.9 Å². The lowest BCUT2D eigenvalue weighted by Gasteiger charge is -2.10. The van der Waals surface area contributed by atoms with Crippen LogP contribution in [0, 0.1) is 5.92 Å².